The highest BCUT2D eigenvalue weighted by Crippen LogP contribution is 2.56. The molecule has 0 aliphatic heterocycles. The average molecular weight is 747 g/mol. The van der Waals surface area contributed by atoms with E-state index in [2.05, 4.69) is 140 Å². The summed E-state index contributed by atoms with van der Waals surface area (Å²) in [5, 5.41) is 1.13. The van der Waals surface area contributed by atoms with Gasteiger partial charge >= 0.3 is 0 Å². The molecule has 0 N–H and O–H groups in total. The van der Waals surface area contributed by atoms with E-state index in [1.807, 2.05) is 11.3 Å². The number of nitrogens with zero attached hydrogens (tertiary/aromatic N) is 2. The fourth-order valence-electron chi connectivity index (χ4n) is 9.14. The Hall–Kier alpha value is -4.21. The molecule has 3 heteroatoms. The topological polar surface area (TPSA) is 16.1 Å². The standard InChI is InChI=1S/C52H62N2S/c1-3-5-7-9-11-13-15-25-37-52(38-26-16-14-12-10-8-6-4-2)47-39-41(51-53-49-31-23-24-32-50(49)55-51)33-35-45(47)46-36-34-44(40-48(46)52)54(42-27-19-17-20-28-42)43-29-21-18-22-30-43/h17-24,27-36,39-40H,3-16,25-26,37-38H2,1-2H3. The van der Waals surface area contributed by atoms with Gasteiger partial charge in [0.1, 0.15) is 5.01 Å². The van der Waals surface area contributed by atoms with Crippen molar-refractivity contribution in [1.82, 2.24) is 4.98 Å². The second kappa shape index (κ2) is 19.6. The lowest BCUT2D eigenvalue weighted by atomic mass is 9.70. The molecule has 1 aromatic heterocycles. The van der Waals surface area contributed by atoms with Gasteiger partial charge in [0.2, 0.25) is 0 Å². The molecule has 55 heavy (non-hydrogen) atoms. The highest BCUT2D eigenvalue weighted by atomic mass is 32.1. The molecule has 1 heterocycles. The largest absolute Gasteiger partial charge is 0.310 e. The number of hydrogen-bond donors (Lipinski definition) is 0. The van der Waals surface area contributed by atoms with Gasteiger partial charge in [0.25, 0.3) is 0 Å². The zero-order valence-electron chi connectivity index (χ0n) is 33.6. The van der Waals surface area contributed by atoms with Crippen LogP contribution in [0.2, 0.25) is 0 Å². The third-order valence-corrected chi connectivity index (χ3v) is 13.2. The summed E-state index contributed by atoms with van der Waals surface area (Å²) in [6.07, 6.45) is 23.9. The first-order valence-electron chi connectivity index (χ1n) is 21.8. The first kappa shape index (κ1) is 39.0. The van der Waals surface area contributed by atoms with E-state index < -0.39 is 0 Å². The van der Waals surface area contributed by atoms with Crippen molar-refractivity contribution < 1.29 is 0 Å². The molecule has 0 spiro atoms. The van der Waals surface area contributed by atoms with Gasteiger partial charge in [0, 0.05) is 28.0 Å². The summed E-state index contributed by atoms with van der Waals surface area (Å²) < 4.78 is 1.26. The molecule has 0 atom stereocenters. The Labute approximate surface area is 336 Å². The lowest BCUT2D eigenvalue weighted by molar-refractivity contribution is 0.397. The molecule has 0 fully saturated rings. The molecule has 0 bridgehead atoms. The molecular weight excluding hydrogens is 685 g/mol. The third-order valence-electron chi connectivity index (χ3n) is 12.1. The van der Waals surface area contributed by atoms with E-state index in [4.69, 9.17) is 4.98 Å². The number of para-hydroxylation sites is 3. The van der Waals surface area contributed by atoms with Crippen LogP contribution in [0.3, 0.4) is 0 Å². The number of thiazole rings is 1. The Morgan fingerprint density at radius 3 is 1.53 bits per heavy atom. The molecule has 0 radical (unpaired) electrons. The molecule has 0 amide bonds. The maximum Gasteiger partial charge on any atom is 0.124 e. The summed E-state index contributed by atoms with van der Waals surface area (Å²) in [4.78, 5) is 7.61. The van der Waals surface area contributed by atoms with E-state index in [1.165, 1.54) is 165 Å². The smallest absolute Gasteiger partial charge is 0.124 e. The number of unbranched alkanes of at least 4 members (excludes halogenated alkanes) is 14. The van der Waals surface area contributed by atoms with Crippen LogP contribution in [-0.4, -0.2) is 4.98 Å². The summed E-state index contributed by atoms with van der Waals surface area (Å²) in [6, 6.07) is 45.2. The molecule has 7 rings (SSSR count). The summed E-state index contributed by atoms with van der Waals surface area (Å²) in [5.74, 6) is 0. The molecule has 2 nitrogen and oxygen atoms in total. The van der Waals surface area contributed by atoms with Gasteiger partial charge in [-0.15, -0.1) is 11.3 Å². The van der Waals surface area contributed by atoms with Gasteiger partial charge in [-0.2, -0.15) is 0 Å². The molecule has 286 valence electrons. The average Bonchev–Trinajstić information content (AvgIpc) is 3.78. The Morgan fingerprint density at radius 1 is 0.473 bits per heavy atom. The highest BCUT2D eigenvalue weighted by Gasteiger charge is 2.43. The molecule has 0 saturated heterocycles. The summed E-state index contributed by atoms with van der Waals surface area (Å²) >= 11 is 1.83. The maximum atomic E-state index is 5.16. The van der Waals surface area contributed by atoms with Gasteiger partial charge in [0.15, 0.2) is 0 Å². The predicted octanol–water partition coefficient (Wildman–Crippen LogP) is 16.8. The quantitative estimate of drug-likeness (QED) is 0.0643. The van der Waals surface area contributed by atoms with E-state index in [-0.39, 0.29) is 5.41 Å². The van der Waals surface area contributed by atoms with Gasteiger partial charge in [-0.3, -0.25) is 0 Å². The molecule has 0 saturated carbocycles. The first-order valence-corrected chi connectivity index (χ1v) is 22.6. The van der Waals surface area contributed by atoms with Crippen molar-refractivity contribution >= 4 is 38.6 Å². The Balaban J connectivity index is 1.28. The number of rotatable bonds is 22. The number of benzene rings is 5. The van der Waals surface area contributed by atoms with Gasteiger partial charge in [0.05, 0.1) is 10.2 Å². The van der Waals surface area contributed by atoms with E-state index >= 15 is 0 Å². The van der Waals surface area contributed by atoms with Gasteiger partial charge in [-0.25, -0.2) is 4.98 Å². The Kier molecular flexibility index (Phi) is 13.9. The first-order chi connectivity index (χ1) is 27.2. The van der Waals surface area contributed by atoms with Crippen LogP contribution in [0.5, 0.6) is 0 Å². The number of fused-ring (bicyclic) bond motifs is 4. The summed E-state index contributed by atoms with van der Waals surface area (Å²) in [5.41, 5.74) is 11.9. The predicted molar refractivity (Wildman–Crippen MR) is 240 cm³/mol. The minimum Gasteiger partial charge on any atom is -0.310 e. The van der Waals surface area contributed by atoms with Crippen LogP contribution in [0.15, 0.2) is 121 Å². The summed E-state index contributed by atoms with van der Waals surface area (Å²) in [7, 11) is 0. The van der Waals surface area contributed by atoms with E-state index in [9.17, 15) is 0 Å². The lowest BCUT2D eigenvalue weighted by Gasteiger charge is -2.34. The van der Waals surface area contributed by atoms with Crippen molar-refractivity contribution in [2.45, 2.75) is 135 Å². The molecule has 6 aromatic rings. The minimum absolute atomic E-state index is 0.0309. The van der Waals surface area contributed by atoms with Crippen molar-refractivity contribution in [3.63, 3.8) is 0 Å². The number of anilines is 3. The number of hydrogen-bond acceptors (Lipinski definition) is 3. The Morgan fingerprint density at radius 2 is 0.964 bits per heavy atom. The van der Waals surface area contributed by atoms with Crippen LogP contribution in [0.25, 0.3) is 31.9 Å². The van der Waals surface area contributed by atoms with Crippen LogP contribution in [0.4, 0.5) is 17.1 Å². The maximum absolute atomic E-state index is 5.16. The minimum atomic E-state index is -0.0309. The van der Waals surface area contributed by atoms with Gasteiger partial charge < -0.3 is 4.90 Å². The normalized spacial score (nSPS) is 12.9. The molecule has 5 aromatic carbocycles. The highest BCUT2D eigenvalue weighted by molar-refractivity contribution is 7.21. The van der Waals surface area contributed by atoms with Crippen molar-refractivity contribution in [3.8, 4) is 21.7 Å². The van der Waals surface area contributed by atoms with E-state index in [0.717, 1.165) is 10.5 Å². The lowest BCUT2D eigenvalue weighted by Crippen LogP contribution is -2.26. The van der Waals surface area contributed by atoms with Crippen LogP contribution < -0.4 is 4.90 Å². The molecule has 0 unspecified atom stereocenters. The SMILES string of the molecule is CCCCCCCCCCC1(CCCCCCCCCC)c2cc(-c3nc4ccccc4s3)ccc2-c2ccc(N(c3ccccc3)c3ccccc3)cc21. The van der Waals surface area contributed by atoms with Crippen LogP contribution in [0, 0.1) is 0 Å². The monoisotopic (exact) mass is 746 g/mol. The van der Waals surface area contributed by atoms with Crippen molar-refractivity contribution in [3.05, 3.63) is 132 Å². The van der Waals surface area contributed by atoms with Crippen LogP contribution >= 0.6 is 11.3 Å². The summed E-state index contributed by atoms with van der Waals surface area (Å²) in [6.45, 7) is 4.63. The van der Waals surface area contributed by atoms with Crippen molar-refractivity contribution in [2.75, 3.05) is 4.90 Å². The van der Waals surface area contributed by atoms with Crippen LogP contribution in [-0.2, 0) is 5.41 Å². The van der Waals surface area contributed by atoms with Gasteiger partial charge in [-0.05, 0) is 89.7 Å². The van der Waals surface area contributed by atoms with Crippen LogP contribution in [0.1, 0.15) is 141 Å². The zero-order chi connectivity index (χ0) is 37.7. The third kappa shape index (κ3) is 9.26. The zero-order valence-corrected chi connectivity index (χ0v) is 34.4. The number of aromatic nitrogens is 1. The fraction of sp³-hybridized carbons (Fsp3) is 0.404. The second-order valence-electron chi connectivity index (χ2n) is 16.0. The van der Waals surface area contributed by atoms with Gasteiger partial charge in [-0.1, -0.05) is 183 Å². The second-order valence-corrected chi connectivity index (χ2v) is 17.0. The molecular formula is C52H62N2S. The molecule has 1 aliphatic rings. The van der Waals surface area contributed by atoms with Crippen molar-refractivity contribution in [2.24, 2.45) is 0 Å². The van der Waals surface area contributed by atoms with Crippen molar-refractivity contribution in [1.29, 1.82) is 0 Å². The molecule has 1 aliphatic carbocycles. The fourth-order valence-corrected chi connectivity index (χ4v) is 10.1. The Bertz CT molecular complexity index is 1970. The van der Waals surface area contributed by atoms with E-state index in [0.29, 0.717) is 0 Å². The van der Waals surface area contributed by atoms with E-state index in [1.54, 1.807) is 0 Å².